The van der Waals surface area contributed by atoms with E-state index in [1.165, 1.54) is 11.1 Å². The Labute approximate surface area is 187 Å². The van der Waals surface area contributed by atoms with Crippen molar-refractivity contribution in [3.63, 3.8) is 0 Å². The summed E-state index contributed by atoms with van der Waals surface area (Å²) in [7, 11) is 1.72. The zero-order valence-corrected chi connectivity index (χ0v) is 18.8. The van der Waals surface area contributed by atoms with Gasteiger partial charge in [0.2, 0.25) is 0 Å². The molecule has 162 valence electrons. The number of nitrogens with one attached hydrogen (secondary N) is 1. The quantitative estimate of drug-likeness (QED) is 0.600. The van der Waals surface area contributed by atoms with Gasteiger partial charge in [0.05, 0.1) is 13.2 Å². The van der Waals surface area contributed by atoms with Crippen LogP contribution in [0.15, 0.2) is 54.2 Å². The highest BCUT2D eigenvalue weighted by atomic mass is 32.1. The van der Waals surface area contributed by atoms with Gasteiger partial charge in [-0.1, -0.05) is 23.8 Å². The highest BCUT2D eigenvalue weighted by Gasteiger charge is 2.32. The summed E-state index contributed by atoms with van der Waals surface area (Å²) in [6.45, 7) is 4.87. The van der Waals surface area contributed by atoms with E-state index in [4.69, 9.17) is 4.74 Å². The van der Waals surface area contributed by atoms with Gasteiger partial charge in [-0.2, -0.15) is 0 Å². The van der Waals surface area contributed by atoms with Gasteiger partial charge in [0.1, 0.15) is 16.5 Å². The molecule has 3 heterocycles. The lowest BCUT2D eigenvalue weighted by Gasteiger charge is -2.36. The van der Waals surface area contributed by atoms with Gasteiger partial charge in [-0.15, -0.1) is 11.3 Å². The van der Waals surface area contributed by atoms with Crippen molar-refractivity contribution < 1.29 is 9.53 Å². The molecule has 1 saturated heterocycles. The lowest BCUT2D eigenvalue weighted by molar-refractivity contribution is 0.0872. The summed E-state index contributed by atoms with van der Waals surface area (Å²) in [6.07, 6.45) is 5.58. The SMILES string of the molecule is COc1ccc(C)cc1CN1CCC[C@@H]([C@H](NC(=O)c2ccccn2)c2nccs2)C1. The number of rotatable bonds is 7. The van der Waals surface area contributed by atoms with Crippen LogP contribution in [0.2, 0.25) is 0 Å². The average molecular weight is 437 g/mol. The molecule has 1 N–H and O–H groups in total. The lowest BCUT2D eigenvalue weighted by atomic mass is 9.90. The zero-order chi connectivity index (χ0) is 21.6. The Bertz CT molecular complexity index is 994. The van der Waals surface area contributed by atoms with Gasteiger partial charge in [0, 0.05) is 36.4 Å². The first kappa shape index (κ1) is 21.5. The maximum absolute atomic E-state index is 12.9. The number of aromatic nitrogens is 2. The van der Waals surface area contributed by atoms with Crippen molar-refractivity contribution in [1.82, 2.24) is 20.2 Å². The third-order valence-corrected chi connectivity index (χ3v) is 6.60. The number of likely N-dealkylation sites (tertiary alicyclic amines) is 1. The second-order valence-corrected chi connectivity index (χ2v) is 8.92. The number of ether oxygens (including phenoxy) is 1. The van der Waals surface area contributed by atoms with Gasteiger partial charge < -0.3 is 10.1 Å². The van der Waals surface area contributed by atoms with Crippen LogP contribution >= 0.6 is 11.3 Å². The number of piperidine rings is 1. The Hall–Kier alpha value is -2.77. The second kappa shape index (κ2) is 10.0. The number of carbonyl (C=O) groups excluding carboxylic acids is 1. The molecule has 0 aliphatic carbocycles. The van der Waals surface area contributed by atoms with Crippen LogP contribution in [-0.4, -0.2) is 41.0 Å². The minimum Gasteiger partial charge on any atom is -0.496 e. The van der Waals surface area contributed by atoms with Crippen LogP contribution in [0, 0.1) is 12.8 Å². The summed E-state index contributed by atoms with van der Waals surface area (Å²) < 4.78 is 5.58. The largest absolute Gasteiger partial charge is 0.496 e. The third kappa shape index (κ3) is 5.29. The monoisotopic (exact) mass is 436 g/mol. The van der Waals surface area contributed by atoms with Crippen LogP contribution in [0.3, 0.4) is 0 Å². The van der Waals surface area contributed by atoms with E-state index < -0.39 is 0 Å². The molecule has 4 rings (SSSR count). The Kier molecular flexibility index (Phi) is 6.94. The van der Waals surface area contributed by atoms with E-state index in [0.29, 0.717) is 5.69 Å². The molecule has 6 nitrogen and oxygen atoms in total. The fourth-order valence-electron chi connectivity index (χ4n) is 4.26. The molecule has 1 aromatic carbocycles. The molecule has 7 heteroatoms. The molecule has 1 fully saturated rings. The van der Waals surface area contributed by atoms with Crippen LogP contribution in [0.5, 0.6) is 5.75 Å². The van der Waals surface area contributed by atoms with Crippen molar-refractivity contribution in [2.24, 2.45) is 5.92 Å². The van der Waals surface area contributed by atoms with Crippen LogP contribution in [0.1, 0.15) is 45.5 Å². The van der Waals surface area contributed by atoms with E-state index in [-0.39, 0.29) is 17.9 Å². The molecule has 2 aromatic heterocycles. The maximum Gasteiger partial charge on any atom is 0.270 e. The second-order valence-electron chi connectivity index (χ2n) is 7.99. The first-order valence-corrected chi connectivity index (χ1v) is 11.5. The smallest absolute Gasteiger partial charge is 0.270 e. The van der Waals surface area contributed by atoms with E-state index >= 15 is 0 Å². The topological polar surface area (TPSA) is 67.3 Å². The summed E-state index contributed by atoms with van der Waals surface area (Å²) >= 11 is 1.59. The summed E-state index contributed by atoms with van der Waals surface area (Å²) in [5, 5.41) is 6.13. The fraction of sp³-hybridized carbons (Fsp3) is 0.375. The van der Waals surface area contributed by atoms with Crippen LogP contribution in [0.4, 0.5) is 0 Å². The minimum absolute atomic E-state index is 0.128. The predicted molar refractivity (Wildman–Crippen MR) is 122 cm³/mol. The predicted octanol–water partition coefficient (Wildman–Crippen LogP) is 4.24. The number of hydrogen-bond donors (Lipinski definition) is 1. The van der Waals surface area contributed by atoms with Gasteiger partial charge in [-0.25, -0.2) is 4.98 Å². The first-order valence-electron chi connectivity index (χ1n) is 10.6. The van der Waals surface area contributed by atoms with E-state index in [2.05, 4.69) is 39.2 Å². The molecule has 1 aliphatic rings. The number of nitrogens with zero attached hydrogens (tertiary/aromatic N) is 3. The van der Waals surface area contributed by atoms with Crippen LogP contribution in [0.25, 0.3) is 0 Å². The van der Waals surface area contributed by atoms with Gasteiger partial charge in [-0.3, -0.25) is 14.7 Å². The van der Waals surface area contributed by atoms with Crippen LogP contribution in [-0.2, 0) is 6.54 Å². The van der Waals surface area contributed by atoms with E-state index in [0.717, 1.165) is 43.2 Å². The van der Waals surface area contributed by atoms with Crippen molar-refractivity contribution in [2.75, 3.05) is 20.2 Å². The molecule has 0 unspecified atom stereocenters. The highest BCUT2D eigenvalue weighted by Crippen LogP contribution is 2.32. The maximum atomic E-state index is 12.9. The molecule has 0 saturated carbocycles. The van der Waals surface area contributed by atoms with Crippen molar-refractivity contribution in [1.29, 1.82) is 0 Å². The van der Waals surface area contributed by atoms with Gasteiger partial charge in [0.15, 0.2) is 0 Å². The molecule has 1 amide bonds. The van der Waals surface area contributed by atoms with Crippen molar-refractivity contribution in [2.45, 2.75) is 32.4 Å². The zero-order valence-electron chi connectivity index (χ0n) is 18.0. The Morgan fingerprint density at radius 2 is 2.19 bits per heavy atom. The van der Waals surface area contributed by atoms with Gasteiger partial charge >= 0.3 is 0 Å². The summed E-state index contributed by atoms with van der Waals surface area (Å²) in [4.78, 5) is 24.1. The normalized spacial score (nSPS) is 17.8. The third-order valence-electron chi connectivity index (χ3n) is 5.74. The molecule has 0 spiro atoms. The van der Waals surface area contributed by atoms with Gasteiger partial charge in [-0.05, 0) is 50.4 Å². The van der Waals surface area contributed by atoms with E-state index in [9.17, 15) is 4.79 Å². The Morgan fingerprint density at radius 3 is 2.94 bits per heavy atom. The number of aryl methyl sites for hydroxylation is 1. The van der Waals surface area contributed by atoms with Crippen molar-refractivity contribution in [3.8, 4) is 5.75 Å². The number of amides is 1. The molecular weight excluding hydrogens is 408 g/mol. The van der Waals surface area contributed by atoms with Gasteiger partial charge in [0.25, 0.3) is 5.91 Å². The molecule has 1 aliphatic heterocycles. The van der Waals surface area contributed by atoms with E-state index in [1.807, 2.05) is 23.6 Å². The molecule has 0 bridgehead atoms. The average Bonchev–Trinajstić information content (AvgIpc) is 3.33. The molecule has 2 atom stereocenters. The van der Waals surface area contributed by atoms with Crippen molar-refractivity contribution >= 4 is 17.2 Å². The summed E-state index contributed by atoms with van der Waals surface area (Å²) in [5.41, 5.74) is 2.86. The first-order chi connectivity index (χ1) is 15.1. The molecule has 3 aromatic rings. The number of carbonyl (C=O) groups is 1. The number of pyridine rings is 1. The molecule has 0 radical (unpaired) electrons. The van der Waals surface area contributed by atoms with E-state index in [1.54, 1.807) is 36.9 Å². The molecular formula is C24H28N4O2S. The lowest BCUT2D eigenvalue weighted by Crippen LogP contribution is -2.42. The van der Waals surface area contributed by atoms with Crippen LogP contribution < -0.4 is 10.1 Å². The highest BCUT2D eigenvalue weighted by molar-refractivity contribution is 7.09. The Morgan fingerprint density at radius 1 is 1.29 bits per heavy atom. The number of hydrogen-bond acceptors (Lipinski definition) is 6. The van der Waals surface area contributed by atoms with Crippen molar-refractivity contribution in [3.05, 3.63) is 76.0 Å². The molecule has 31 heavy (non-hydrogen) atoms. The standard InChI is InChI=1S/C24H28N4O2S/c1-17-8-9-21(30-2)19(14-17)16-28-12-5-6-18(15-28)22(24-26-11-13-31-24)27-23(29)20-7-3-4-10-25-20/h3-4,7-11,13-14,18,22H,5-6,12,15-16H2,1-2H3,(H,27,29)/t18-,22+/m1/s1. The Balaban J connectivity index is 1.51. The summed E-state index contributed by atoms with van der Waals surface area (Å²) in [6, 6.07) is 11.6. The number of benzene rings is 1. The number of thiazole rings is 1. The fourth-order valence-corrected chi connectivity index (χ4v) is 5.04. The summed E-state index contributed by atoms with van der Waals surface area (Å²) in [5.74, 6) is 1.05. The number of methoxy groups -OCH3 is 1. The minimum atomic E-state index is -0.154.